The Balaban J connectivity index is 1.47. The zero-order valence-electron chi connectivity index (χ0n) is 36.6. The summed E-state index contributed by atoms with van der Waals surface area (Å²) in [4.78, 5) is 88.6. The van der Waals surface area contributed by atoms with Crippen molar-refractivity contribution in [3.63, 3.8) is 0 Å². The molecule has 3 saturated carbocycles. The molecule has 1 saturated heterocycles. The van der Waals surface area contributed by atoms with Crippen molar-refractivity contribution in [2.75, 3.05) is 26.2 Å². The van der Waals surface area contributed by atoms with Gasteiger partial charge in [-0.25, -0.2) is 0 Å². The van der Waals surface area contributed by atoms with Crippen LogP contribution in [0.25, 0.3) is 0 Å². The van der Waals surface area contributed by atoms with E-state index in [0.29, 0.717) is 37.8 Å². The lowest BCUT2D eigenvalue weighted by Crippen LogP contribution is -2.65. The number of hydrogen-bond acceptors (Lipinski definition) is 11. The number of carbonyl (C=O) groups is 7. The van der Waals surface area contributed by atoms with Crippen LogP contribution in [0.1, 0.15) is 144 Å². The third-order valence-electron chi connectivity index (χ3n) is 12.7. The van der Waals surface area contributed by atoms with Crippen molar-refractivity contribution in [1.29, 1.82) is 0 Å². The Morgan fingerprint density at radius 3 is 2.10 bits per heavy atom. The molecule has 4 rings (SSSR count). The van der Waals surface area contributed by atoms with Gasteiger partial charge in [0, 0.05) is 19.4 Å². The normalized spacial score (nSPS) is 23.4. The van der Waals surface area contributed by atoms with Crippen molar-refractivity contribution in [3.05, 3.63) is 0 Å². The Morgan fingerprint density at radius 1 is 0.780 bits per heavy atom. The van der Waals surface area contributed by atoms with E-state index >= 15 is 0 Å². The smallest absolute Gasteiger partial charge is 0.404 e. The fourth-order valence-electron chi connectivity index (χ4n) is 8.80. The third-order valence-corrected chi connectivity index (χ3v) is 12.7. The molecule has 0 aromatic carbocycles. The zero-order chi connectivity index (χ0) is 43.6. The van der Waals surface area contributed by atoms with Crippen LogP contribution >= 0.6 is 0 Å². The zero-order valence-corrected chi connectivity index (χ0v) is 36.6. The summed E-state index contributed by atoms with van der Waals surface area (Å²) < 4.78 is 12.9. The minimum Gasteiger partial charge on any atom is -0.404 e. The van der Waals surface area contributed by atoms with Gasteiger partial charge in [-0.15, -0.1) is 0 Å². The Hall–Kier alpha value is -3.41. The molecule has 1 aliphatic heterocycles. The second-order valence-electron chi connectivity index (χ2n) is 17.7. The molecule has 1 unspecified atom stereocenters. The lowest BCUT2D eigenvalue weighted by atomic mass is 9.43. The highest BCUT2D eigenvalue weighted by atomic mass is 16.7. The van der Waals surface area contributed by atoms with Gasteiger partial charge in [-0.3, -0.25) is 33.6 Å². The van der Waals surface area contributed by atoms with Crippen LogP contribution in [0, 0.1) is 17.3 Å². The number of aldehydes is 1. The van der Waals surface area contributed by atoms with Gasteiger partial charge in [-0.05, 0) is 83.2 Å². The first-order valence-electron chi connectivity index (χ1n) is 22.3. The van der Waals surface area contributed by atoms with Crippen LogP contribution in [0.2, 0.25) is 0 Å². The predicted octanol–water partition coefficient (Wildman–Crippen LogP) is 2.15. The maximum atomic E-state index is 13.7. The first-order chi connectivity index (χ1) is 28.1. The van der Waals surface area contributed by atoms with Crippen LogP contribution < -0.4 is 37.6 Å². The molecule has 8 atom stereocenters. The maximum Gasteiger partial charge on any atom is 0.481 e. The molecule has 334 valence electrons. The summed E-state index contributed by atoms with van der Waals surface area (Å²) in [6.07, 6.45) is 13.6. The van der Waals surface area contributed by atoms with E-state index in [1.54, 1.807) is 0 Å². The number of unbranched alkanes of at least 4 members (excludes halogenated alkanes) is 9. The standard InChI is InChI=1S/C42H74BN7O9/c1-7-8-9-10-11-12-13-17-21-45-22-19-36(53)46-26-37(54)49-33(25-31(52)27-51)40(57)47-28(2)38(55)50-32(18-15-14-16-20-44)39(56)48-29(3)43-58-35-24-30-23-34(41(30,4)5)42(35,6)59-43/h27-30,32-35,45H,7-26,44H2,1-6H3,(H,46,53)(H,47,57)(H,48,56)(H,49,54)(H,50,55)/t28-,29-,30-,32-,33-,34-,35?,42-/m0/s1. The lowest BCUT2D eigenvalue weighted by Gasteiger charge is -2.64. The van der Waals surface area contributed by atoms with Gasteiger partial charge in [0.25, 0.3) is 0 Å². The molecule has 8 N–H and O–H groups in total. The average Bonchev–Trinajstić information content (AvgIpc) is 3.57. The summed E-state index contributed by atoms with van der Waals surface area (Å²) >= 11 is 0. The van der Waals surface area contributed by atoms with Gasteiger partial charge in [-0.1, -0.05) is 78.6 Å². The fraction of sp³-hybridized carbons (Fsp3) is 0.833. The molecule has 0 aromatic heterocycles. The highest BCUT2D eigenvalue weighted by molar-refractivity contribution is 6.47. The van der Waals surface area contributed by atoms with Crippen LogP contribution in [0.4, 0.5) is 0 Å². The summed E-state index contributed by atoms with van der Waals surface area (Å²) in [5.74, 6) is -3.65. The molecule has 4 aliphatic rings. The van der Waals surface area contributed by atoms with E-state index in [1.807, 2.05) is 6.92 Å². The summed E-state index contributed by atoms with van der Waals surface area (Å²) in [6.45, 7) is 13.3. The quantitative estimate of drug-likeness (QED) is 0.0240. The van der Waals surface area contributed by atoms with Gasteiger partial charge in [0.1, 0.15) is 18.1 Å². The lowest BCUT2D eigenvalue weighted by molar-refractivity contribution is -0.199. The third kappa shape index (κ3) is 15.2. The van der Waals surface area contributed by atoms with Gasteiger partial charge in [-0.2, -0.15) is 0 Å². The molecular weight excluding hydrogens is 757 g/mol. The number of Topliss-reactive ketones (excluding diaryl/α,β-unsaturated/α-hetero) is 1. The highest BCUT2D eigenvalue weighted by Crippen LogP contribution is 2.65. The molecular formula is C42H74BN7O9. The molecule has 0 radical (unpaired) electrons. The number of rotatable bonds is 30. The molecule has 16 nitrogen and oxygen atoms in total. The summed E-state index contributed by atoms with van der Waals surface area (Å²) in [5, 5.41) is 16.3. The molecule has 2 bridgehead atoms. The van der Waals surface area contributed by atoms with E-state index in [9.17, 15) is 33.6 Å². The van der Waals surface area contributed by atoms with E-state index in [-0.39, 0.29) is 30.1 Å². The first-order valence-corrected chi connectivity index (χ1v) is 22.3. The van der Waals surface area contributed by atoms with Crippen molar-refractivity contribution < 1.29 is 42.9 Å². The topological polar surface area (TPSA) is 236 Å². The summed E-state index contributed by atoms with van der Waals surface area (Å²) in [5.41, 5.74) is 5.38. The van der Waals surface area contributed by atoms with Gasteiger partial charge >= 0.3 is 7.12 Å². The second-order valence-corrected chi connectivity index (χ2v) is 17.7. The molecule has 4 fully saturated rings. The van der Waals surface area contributed by atoms with E-state index in [2.05, 4.69) is 59.6 Å². The molecule has 59 heavy (non-hydrogen) atoms. The van der Waals surface area contributed by atoms with Crippen LogP contribution in [-0.2, 0) is 42.9 Å². The predicted molar refractivity (Wildman–Crippen MR) is 225 cm³/mol. The number of ketones is 1. The van der Waals surface area contributed by atoms with Gasteiger partial charge in [0.15, 0.2) is 12.1 Å². The molecule has 17 heteroatoms. The Kier molecular flexibility index (Phi) is 21.0. The monoisotopic (exact) mass is 832 g/mol. The van der Waals surface area contributed by atoms with Crippen molar-refractivity contribution in [2.24, 2.45) is 23.0 Å². The van der Waals surface area contributed by atoms with Gasteiger partial charge < -0.3 is 46.9 Å². The Bertz CT molecular complexity index is 1420. The van der Waals surface area contributed by atoms with E-state index < -0.39 is 79.2 Å². The maximum absolute atomic E-state index is 13.7. The molecule has 1 heterocycles. The number of nitrogens with two attached hydrogens (primary N) is 1. The molecule has 3 aliphatic carbocycles. The molecule has 0 spiro atoms. The minimum absolute atomic E-state index is 0.0408. The minimum atomic E-state index is -1.50. The summed E-state index contributed by atoms with van der Waals surface area (Å²) in [6, 6.07) is -3.64. The number of nitrogens with one attached hydrogen (secondary N) is 6. The van der Waals surface area contributed by atoms with Gasteiger partial charge in [0.05, 0.1) is 24.2 Å². The molecule has 0 aromatic rings. The van der Waals surface area contributed by atoms with Crippen molar-refractivity contribution >= 4 is 48.7 Å². The van der Waals surface area contributed by atoms with E-state index in [0.717, 1.165) is 45.1 Å². The van der Waals surface area contributed by atoms with Gasteiger partial charge in [0.2, 0.25) is 29.5 Å². The largest absolute Gasteiger partial charge is 0.481 e. The second kappa shape index (κ2) is 24.8. The van der Waals surface area contributed by atoms with Crippen molar-refractivity contribution in [3.8, 4) is 0 Å². The number of carbonyl (C=O) groups excluding carboxylic acids is 7. The fourth-order valence-corrected chi connectivity index (χ4v) is 8.80. The first kappa shape index (κ1) is 50.0. The number of amides is 5. The van der Waals surface area contributed by atoms with Crippen LogP contribution in [0.3, 0.4) is 0 Å². The van der Waals surface area contributed by atoms with Crippen LogP contribution in [0.15, 0.2) is 0 Å². The summed E-state index contributed by atoms with van der Waals surface area (Å²) in [7, 11) is -0.656. The SMILES string of the molecule is CCCCCCCCCCNCCC(=O)NCC(=O)N[C@@H](CC(=O)C=O)C(=O)N[C@@H](C)C(=O)N[C@@H](CCCCCN)C(=O)N[C@@H](C)B1OC2C[C@@H]3C[C@@H](C3(C)C)[C@]2(C)O1. The van der Waals surface area contributed by atoms with Crippen LogP contribution in [-0.4, -0.2) is 111 Å². The van der Waals surface area contributed by atoms with E-state index in [4.69, 9.17) is 15.0 Å². The Labute approximate surface area is 352 Å². The van der Waals surface area contributed by atoms with Crippen molar-refractivity contribution in [1.82, 2.24) is 31.9 Å². The highest BCUT2D eigenvalue weighted by Gasteiger charge is 2.68. The Morgan fingerprint density at radius 2 is 1.44 bits per heavy atom. The number of hydrogen-bond donors (Lipinski definition) is 7. The van der Waals surface area contributed by atoms with Crippen molar-refractivity contribution in [2.45, 2.75) is 180 Å². The van der Waals surface area contributed by atoms with E-state index in [1.165, 1.54) is 45.4 Å². The van der Waals surface area contributed by atoms with Crippen LogP contribution in [0.5, 0.6) is 0 Å². The average molecular weight is 832 g/mol. The molecule has 5 amide bonds.